The Hall–Kier alpha value is -3.00. The third kappa shape index (κ3) is 5.99. The van der Waals surface area contributed by atoms with Crippen molar-refractivity contribution in [2.75, 3.05) is 36.9 Å². The van der Waals surface area contributed by atoms with Crippen molar-refractivity contribution in [1.29, 1.82) is 0 Å². The van der Waals surface area contributed by atoms with Gasteiger partial charge in [0.2, 0.25) is 5.91 Å². The molecule has 0 unspecified atom stereocenters. The number of hydrogen-bond donors (Lipinski definition) is 2. The van der Waals surface area contributed by atoms with Gasteiger partial charge in [-0.1, -0.05) is 13.8 Å². The molecular formula is C21H27N5O3. The minimum Gasteiger partial charge on any atom is -0.490 e. The van der Waals surface area contributed by atoms with Crippen LogP contribution >= 0.6 is 0 Å². The van der Waals surface area contributed by atoms with E-state index in [1.165, 1.54) is 19.0 Å². The number of hydrogen-bond acceptors (Lipinski definition) is 6. The van der Waals surface area contributed by atoms with E-state index < -0.39 is 0 Å². The molecule has 1 saturated heterocycles. The van der Waals surface area contributed by atoms with Crippen molar-refractivity contribution in [2.24, 2.45) is 5.92 Å². The van der Waals surface area contributed by atoms with Crippen molar-refractivity contribution >= 4 is 23.3 Å². The molecule has 8 nitrogen and oxygen atoms in total. The highest BCUT2D eigenvalue weighted by atomic mass is 16.5. The average Bonchev–Trinajstić information content (AvgIpc) is 3.23. The van der Waals surface area contributed by atoms with Gasteiger partial charge in [0.05, 0.1) is 6.20 Å². The summed E-state index contributed by atoms with van der Waals surface area (Å²) in [6.07, 6.45) is 7.16. The fourth-order valence-corrected chi connectivity index (χ4v) is 3.00. The van der Waals surface area contributed by atoms with Crippen LogP contribution in [0.4, 0.5) is 11.5 Å². The van der Waals surface area contributed by atoms with Crippen LogP contribution in [0, 0.1) is 5.92 Å². The molecule has 2 N–H and O–H groups in total. The fourth-order valence-electron chi connectivity index (χ4n) is 3.00. The summed E-state index contributed by atoms with van der Waals surface area (Å²) < 4.78 is 5.87. The van der Waals surface area contributed by atoms with Crippen molar-refractivity contribution in [2.45, 2.75) is 26.7 Å². The number of rotatable bonds is 8. The van der Waals surface area contributed by atoms with Gasteiger partial charge in [-0.2, -0.15) is 0 Å². The van der Waals surface area contributed by atoms with Crippen LogP contribution < -0.4 is 15.4 Å². The van der Waals surface area contributed by atoms with Crippen molar-refractivity contribution in [3.63, 3.8) is 0 Å². The molecule has 0 spiro atoms. The van der Waals surface area contributed by atoms with Crippen LogP contribution in [0.15, 0.2) is 36.8 Å². The Balaban J connectivity index is 1.62. The van der Waals surface area contributed by atoms with Crippen LogP contribution in [0.2, 0.25) is 0 Å². The number of aromatic nitrogens is 2. The van der Waals surface area contributed by atoms with Gasteiger partial charge < -0.3 is 15.4 Å². The standard InChI is InChI=1S/C21H27N5O3/c1-15(2)20(27)25-19-13-16(5-8-23-19)21(28)24-17-14-22-7-6-18(17)29-12-11-26-9-3-4-10-26/h5-8,13-15H,3-4,9-12H2,1-2H3,(H,24,28)(H,23,25,27). The Bertz CT molecular complexity index is 850. The molecule has 3 rings (SSSR count). The van der Waals surface area contributed by atoms with E-state index in [-0.39, 0.29) is 17.7 Å². The maximum absolute atomic E-state index is 12.7. The highest BCUT2D eigenvalue weighted by Crippen LogP contribution is 2.23. The zero-order valence-electron chi connectivity index (χ0n) is 16.9. The molecule has 3 heterocycles. The van der Waals surface area contributed by atoms with Crippen LogP contribution in [-0.4, -0.2) is 52.9 Å². The van der Waals surface area contributed by atoms with Gasteiger partial charge in [-0.15, -0.1) is 0 Å². The van der Waals surface area contributed by atoms with E-state index in [4.69, 9.17) is 4.74 Å². The van der Waals surface area contributed by atoms with Crippen LogP contribution in [-0.2, 0) is 4.79 Å². The molecule has 1 aliphatic rings. The first kappa shape index (κ1) is 20.7. The number of amides is 2. The number of ether oxygens (including phenoxy) is 1. The predicted octanol–water partition coefficient (Wildman–Crippen LogP) is 2.80. The second kappa shape index (κ2) is 9.97. The molecule has 0 aliphatic carbocycles. The van der Waals surface area contributed by atoms with Crippen LogP contribution in [0.1, 0.15) is 37.0 Å². The lowest BCUT2D eigenvalue weighted by atomic mass is 10.2. The minimum atomic E-state index is -0.329. The molecule has 29 heavy (non-hydrogen) atoms. The Morgan fingerprint density at radius 3 is 2.72 bits per heavy atom. The molecule has 2 aromatic heterocycles. The highest BCUT2D eigenvalue weighted by molar-refractivity contribution is 6.05. The minimum absolute atomic E-state index is 0.156. The van der Waals surface area contributed by atoms with E-state index in [0.717, 1.165) is 19.6 Å². The maximum atomic E-state index is 12.7. The molecule has 1 fully saturated rings. The lowest BCUT2D eigenvalue weighted by molar-refractivity contribution is -0.118. The van der Waals surface area contributed by atoms with E-state index >= 15 is 0 Å². The number of nitrogens with zero attached hydrogens (tertiary/aromatic N) is 3. The molecular weight excluding hydrogens is 370 g/mol. The SMILES string of the molecule is CC(C)C(=O)Nc1cc(C(=O)Nc2cnccc2OCCN2CCCC2)ccn1. The van der Waals surface area contributed by atoms with Crippen molar-refractivity contribution in [3.05, 3.63) is 42.4 Å². The first-order valence-electron chi connectivity index (χ1n) is 9.90. The van der Waals surface area contributed by atoms with Gasteiger partial charge in [-0.05, 0) is 38.1 Å². The van der Waals surface area contributed by atoms with Gasteiger partial charge in [-0.25, -0.2) is 4.98 Å². The fraction of sp³-hybridized carbons (Fsp3) is 0.429. The predicted molar refractivity (Wildman–Crippen MR) is 111 cm³/mol. The van der Waals surface area contributed by atoms with Gasteiger partial charge in [0.15, 0.2) is 0 Å². The molecule has 0 atom stereocenters. The lowest BCUT2D eigenvalue weighted by Crippen LogP contribution is -2.25. The van der Waals surface area contributed by atoms with Gasteiger partial charge >= 0.3 is 0 Å². The first-order valence-corrected chi connectivity index (χ1v) is 9.90. The van der Waals surface area contributed by atoms with E-state index in [1.807, 2.05) is 0 Å². The Morgan fingerprint density at radius 1 is 1.17 bits per heavy atom. The van der Waals surface area contributed by atoms with Gasteiger partial charge in [0, 0.05) is 36.5 Å². The number of nitrogens with one attached hydrogen (secondary N) is 2. The molecule has 0 saturated carbocycles. The van der Waals surface area contributed by atoms with Gasteiger partial charge in [0.1, 0.15) is 23.9 Å². The Labute approximate surface area is 170 Å². The maximum Gasteiger partial charge on any atom is 0.255 e. The number of pyridine rings is 2. The third-order valence-electron chi connectivity index (χ3n) is 4.69. The van der Waals surface area contributed by atoms with Gasteiger partial charge in [-0.3, -0.25) is 19.5 Å². The van der Waals surface area contributed by atoms with E-state index in [2.05, 4.69) is 25.5 Å². The molecule has 0 bridgehead atoms. The van der Waals surface area contributed by atoms with Crippen LogP contribution in [0.5, 0.6) is 5.75 Å². The molecule has 0 aromatic carbocycles. The third-order valence-corrected chi connectivity index (χ3v) is 4.69. The first-order chi connectivity index (χ1) is 14.0. The second-order valence-corrected chi connectivity index (χ2v) is 7.30. The summed E-state index contributed by atoms with van der Waals surface area (Å²) in [4.78, 5) is 35.1. The quantitative estimate of drug-likeness (QED) is 0.711. The summed E-state index contributed by atoms with van der Waals surface area (Å²) in [5, 5.41) is 5.52. The van der Waals surface area contributed by atoms with Crippen molar-refractivity contribution in [1.82, 2.24) is 14.9 Å². The zero-order valence-corrected chi connectivity index (χ0v) is 16.9. The summed E-state index contributed by atoms with van der Waals surface area (Å²) in [5.41, 5.74) is 0.884. The summed E-state index contributed by atoms with van der Waals surface area (Å²) in [7, 11) is 0. The monoisotopic (exact) mass is 397 g/mol. The van der Waals surface area contributed by atoms with Crippen LogP contribution in [0.3, 0.4) is 0 Å². The zero-order chi connectivity index (χ0) is 20.6. The number of carbonyl (C=O) groups excluding carboxylic acids is 2. The summed E-state index contributed by atoms with van der Waals surface area (Å²) >= 11 is 0. The summed E-state index contributed by atoms with van der Waals surface area (Å²) in [5.74, 6) is 0.255. The summed E-state index contributed by atoms with van der Waals surface area (Å²) in [6.45, 7) is 7.22. The molecule has 154 valence electrons. The van der Waals surface area contributed by atoms with E-state index in [9.17, 15) is 9.59 Å². The smallest absolute Gasteiger partial charge is 0.255 e. The van der Waals surface area contributed by atoms with Crippen molar-refractivity contribution in [3.8, 4) is 5.75 Å². The lowest BCUT2D eigenvalue weighted by Gasteiger charge is -2.16. The van der Waals surface area contributed by atoms with Gasteiger partial charge in [0.25, 0.3) is 5.91 Å². The Morgan fingerprint density at radius 2 is 1.97 bits per heavy atom. The van der Waals surface area contributed by atoms with E-state index in [0.29, 0.717) is 29.4 Å². The highest BCUT2D eigenvalue weighted by Gasteiger charge is 2.14. The molecule has 1 aliphatic heterocycles. The van der Waals surface area contributed by atoms with E-state index in [1.54, 1.807) is 44.4 Å². The Kier molecular flexibility index (Phi) is 7.13. The number of anilines is 2. The summed E-state index contributed by atoms with van der Waals surface area (Å²) in [6, 6.07) is 4.87. The molecule has 2 amide bonds. The van der Waals surface area contributed by atoms with Crippen LogP contribution in [0.25, 0.3) is 0 Å². The number of carbonyl (C=O) groups is 2. The van der Waals surface area contributed by atoms with Crippen molar-refractivity contribution < 1.29 is 14.3 Å². The average molecular weight is 397 g/mol. The topological polar surface area (TPSA) is 96.5 Å². The molecule has 8 heteroatoms. The largest absolute Gasteiger partial charge is 0.490 e. The molecule has 2 aromatic rings. The number of likely N-dealkylation sites (tertiary alicyclic amines) is 1. The molecule has 0 radical (unpaired) electrons. The normalized spacial score (nSPS) is 14.0. The second-order valence-electron chi connectivity index (χ2n) is 7.30.